The van der Waals surface area contributed by atoms with Crippen LogP contribution < -0.4 is 5.73 Å². The summed E-state index contributed by atoms with van der Waals surface area (Å²) in [5.41, 5.74) is 6.41. The quantitative estimate of drug-likeness (QED) is 0.755. The SMILES string of the molecule is CCN(CC)C(=O)Cn1cncc1CN. The van der Waals surface area contributed by atoms with Gasteiger partial charge in [-0.05, 0) is 13.8 Å². The van der Waals surface area contributed by atoms with E-state index in [1.54, 1.807) is 22.0 Å². The molecule has 5 nitrogen and oxygen atoms in total. The standard InChI is InChI=1S/C10H18N4O/c1-3-13(4-2)10(15)7-14-8-12-6-9(14)5-11/h6,8H,3-5,7,11H2,1-2H3. The number of aromatic nitrogens is 2. The van der Waals surface area contributed by atoms with Crippen molar-refractivity contribution in [1.82, 2.24) is 14.5 Å². The predicted molar refractivity (Wildman–Crippen MR) is 58.0 cm³/mol. The lowest BCUT2D eigenvalue weighted by molar-refractivity contribution is -0.131. The van der Waals surface area contributed by atoms with E-state index in [-0.39, 0.29) is 5.91 Å². The molecule has 0 atom stereocenters. The third kappa shape index (κ3) is 2.79. The van der Waals surface area contributed by atoms with Crippen LogP contribution in [0.25, 0.3) is 0 Å². The molecule has 84 valence electrons. The molecule has 0 saturated heterocycles. The molecule has 0 spiro atoms. The van der Waals surface area contributed by atoms with E-state index in [2.05, 4.69) is 4.98 Å². The van der Waals surface area contributed by atoms with Crippen molar-refractivity contribution in [3.63, 3.8) is 0 Å². The fraction of sp³-hybridized carbons (Fsp3) is 0.600. The summed E-state index contributed by atoms with van der Waals surface area (Å²) in [6.07, 6.45) is 3.33. The first-order chi connectivity index (χ1) is 7.22. The van der Waals surface area contributed by atoms with Crippen molar-refractivity contribution in [3.8, 4) is 0 Å². The summed E-state index contributed by atoms with van der Waals surface area (Å²) in [6.45, 7) is 6.15. The topological polar surface area (TPSA) is 64.2 Å². The van der Waals surface area contributed by atoms with Crippen molar-refractivity contribution in [2.24, 2.45) is 5.73 Å². The predicted octanol–water partition coefficient (Wildman–Crippen LogP) is 0.210. The first-order valence-electron chi connectivity index (χ1n) is 5.19. The fourth-order valence-electron chi connectivity index (χ4n) is 1.48. The van der Waals surface area contributed by atoms with E-state index in [9.17, 15) is 4.79 Å². The van der Waals surface area contributed by atoms with Crippen LogP contribution in [0.3, 0.4) is 0 Å². The van der Waals surface area contributed by atoms with Gasteiger partial charge in [-0.1, -0.05) is 0 Å². The van der Waals surface area contributed by atoms with Crippen molar-refractivity contribution in [2.75, 3.05) is 13.1 Å². The Morgan fingerprint density at radius 3 is 2.73 bits per heavy atom. The molecule has 0 bridgehead atoms. The van der Waals surface area contributed by atoms with E-state index in [0.717, 1.165) is 18.8 Å². The van der Waals surface area contributed by atoms with Gasteiger partial charge in [-0.25, -0.2) is 4.98 Å². The average Bonchev–Trinajstić information content (AvgIpc) is 2.67. The van der Waals surface area contributed by atoms with Gasteiger partial charge in [0.25, 0.3) is 0 Å². The first kappa shape index (κ1) is 11.7. The first-order valence-corrected chi connectivity index (χ1v) is 5.19. The highest BCUT2D eigenvalue weighted by atomic mass is 16.2. The Kier molecular flexibility index (Phi) is 4.30. The highest BCUT2D eigenvalue weighted by Crippen LogP contribution is 2.00. The lowest BCUT2D eigenvalue weighted by Gasteiger charge is -2.19. The van der Waals surface area contributed by atoms with Gasteiger partial charge in [-0.3, -0.25) is 4.79 Å². The van der Waals surface area contributed by atoms with E-state index in [0.29, 0.717) is 13.1 Å². The number of imidazole rings is 1. The lowest BCUT2D eigenvalue weighted by atomic mass is 10.4. The molecule has 0 fully saturated rings. The molecule has 0 aromatic carbocycles. The Balaban J connectivity index is 2.65. The third-order valence-electron chi connectivity index (χ3n) is 2.43. The third-order valence-corrected chi connectivity index (χ3v) is 2.43. The lowest BCUT2D eigenvalue weighted by Crippen LogP contribution is -2.33. The molecule has 1 rings (SSSR count). The second-order valence-corrected chi connectivity index (χ2v) is 3.28. The Morgan fingerprint density at radius 2 is 2.20 bits per heavy atom. The van der Waals surface area contributed by atoms with E-state index in [1.807, 2.05) is 13.8 Å². The normalized spacial score (nSPS) is 10.3. The van der Waals surface area contributed by atoms with Crippen molar-refractivity contribution in [2.45, 2.75) is 26.9 Å². The van der Waals surface area contributed by atoms with Gasteiger partial charge in [0.2, 0.25) is 5.91 Å². The smallest absolute Gasteiger partial charge is 0.242 e. The highest BCUT2D eigenvalue weighted by Gasteiger charge is 2.11. The second-order valence-electron chi connectivity index (χ2n) is 3.28. The van der Waals surface area contributed by atoms with Crippen LogP contribution in [0.4, 0.5) is 0 Å². The number of carbonyl (C=O) groups excluding carboxylic acids is 1. The van der Waals surface area contributed by atoms with E-state index in [4.69, 9.17) is 5.73 Å². The highest BCUT2D eigenvalue weighted by molar-refractivity contribution is 5.76. The summed E-state index contributed by atoms with van der Waals surface area (Å²) in [4.78, 5) is 17.5. The number of rotatable bonds is 5. The molecule has 0 aliphatic heterocycles. The Hall–Kier alpha value is -1.36. The van der Waals surface area contributed by atoms with Gasteiger partial charge in [-0.15, -0.1) is 0 Å². The molecule has 2 N–H and O–H groups in total. The molecule has 1 heterocycles. The Labute approximate surface area is 89.9 Å². The summed E-state index contributed by atoms with van der Waals surface area (Å²) < 4.78 is 1.79. The maximum Gasteiger partial charge on any atom is 0.242 e. The molecular formula is C10H18N4O. The van der Waals surface area contributed by atoms with Crippen LogP contribution in [0.1, 0.15) is 19.5 Å². The minimum atomic E-state index is 0.104. The largest absolute Gasteiger partial charge is 0.342 e. The van der Waals surface area contributed by atoms with E-state index in [1.165, 1.54) is 0 Å². The summed E-state index contributed by atoms with van der Waals surface area (Å²) in [7, 11) is 0. The minimum Gasteiger partial charge on any atom is -0.342 e. The van der Waals surface area contributed by atoms with Crippen molar-refractivity contribution >= 4 is 5.91 Å². The molecule has 0 unspecified atom stereocenters. The van der Waals surface area contributed by atoms with Crippen molar-refractivity contribution in [1.29, 1.82) is 0 Å². The van der Waals surface area contributed by atoms with Gasteiger partial charge in [0.15, 0.2) is 0 Å². The summed E-state index contributed by atoms with van der Waals surface area (Å²) in [5.74, 6) is 0.104. The van der Waals surface area contributed by atoms with Crippen molar-refractivity contribution in [3.05, 3.63) is 18.2 Å². The number of amides is 1. The van der Waals surface area contributed by atoms with E-state index >= 15 is 0 Å². The molecule has 0 radical (unpaired) electrons. The van der Waals surface area contributed by atoms with Gasteiger partial charge in [0.1, 0.15) is 6.54 Å². The molecule has 0 saturated carbocycles. The monoisotopic (exact) mass is 210 g/mol. The summed E-state index contributed by atoms with van der Waals surface area (Å²) >= 11 is 0. The molecule has 5 heteroatoms. The molecular weight excluding hydrogens is 192 g/mol. The van der Waals surface area contributed by atoms with Gasteiger partial charge in [0, 0.05) is 25.8 Å². The molecule has 1 aromatic heterocycles. The van der Waals surface area contributed by atoms with Crippen LogP contribution in [-0.4, -0.2) is 33.4 Å². The molecule has 0 aliphatic carbocycles. The average molecular weight is 210 g/mol. The van der Waals surface area contributed by atoms with Crippen LogP contribution in [-0.2, 0) is 17.9 Å². The molecule has 0 aliphatic rings. The van der Waals surface area contributed by atoms with Crippen LogP contribution in [0.15, 0.2) is 12.5 Å². The number of nitrogens with two attached hydrogens (primary N) is 1. The minimum absolute atomic E-state index is 0.104. The number of carbonyl (C=O) groups is 1. The number of hydrogen-bond donors (Lipinski definition) is 1. The molecule has 15 heavy (non-hydrogen) atoms. The summed E-state index contributed by atoms with van der Waals surface area (Å²) in [6, 6.07) is 0. The number of nitrogens with zero attached hydrogens (tertiary/aromatic N) is 3. The Bertz CT molecular complexity index is 317. The molecule has 1 aromatic rings. The molecule has 1 amide bonds. The van der Waals surface area contributed by atoms with Gasteiger partial charge in [0.05, 0.1) is 12.0 Å². The number of likely N-dealkylation sites (N-methyl/N-ethyl adjacent to an activating group) is 1. The number of hydrogen-bond acceptors (Lipinski definition) is 3. The fourth-order valence-corrected chi connectivity index (χ4v) is 1.48. The zero-order valence-electron chi connectivity index (χ0n) is 9.31. The van der Waals surface area contributed by atoms with Crippen LogP contribution in [0, 0.1) is 0 Å². The zero-order valence-corrected chi connectivity index (χ0v) is 9.31. The zero-order chi connectivity index (χ0) is 11.3. The second kappa shape index (κ2) is 5.50. The van der Waals surface area contributed by atoms with Gasteiger partial charge >= 0.3 is 0 Å². The van der Waals surface area contributed by atoms with Crippen LogP contribution in [0.5, 0.6) is 0 Å². The van der Waals surface area contributed by atoms with Gasteiger partial charge < -0.3 is 15.2 Å². The van der Waals surface area contributed by atoms with Crippen molar-refractivity contribution < 1.29 is 4.79 Å². The Morgan fingerprint density at radius 1 is 1.53 bits per heavy atom. The van der Waals surface area contributed by atoms with E-state index < -0.39 is 0 Å². The van der Waals surface area contributed by atoms with Crippen LogP contribution >= 0.6 is 0 Å². The maximum absolute atomic E-state index is 11.8. The van der Waals surface area contributed by atoms with Gasteiger partial charge in [-0.2, -0.15) is 0 Å². The summed E-state index contributed by atoms with van der Waals surface area (Å²) in [5, 5.41) is 0. The maximum atomic E-state index is 11.8. The van der Waals surface area contributed by atoms with Crippen LogP contribution in [0.2, 0.25) is 0 Å².